The Labute approximate surface area is 290 Å². The van der Waals surface area contributed by atoms with Crippen LogP contribution < -0.4 is 0 Å². The van der Waals surface area contributed by atoms with Crippen LogP contribution in [-0.2, 0) is 30.0 Å². The van der Waals surface area contributed by atoms with Gasteiger partial charge in [0.15, 0.2) is 11.6 Å². The fourth-order valence-electron chi connectivity index (χ4n) is 7.35. The van der Waals surface area contributed by atoms with Crippen LogP contribution in [0.4, 0.5) is 0 Å². The van der Waals surface area contributed by atoms with Gasteiger partial charge in [-0.3, -0.25) is 19.2 Å². The third-order valence-corrected chi connectivity index (χ3v) is 10.4. The van der Waals surface area contributed by atoms with E-state index in [9.17, 15) is 29.7 Å². The summed E-state index contributed by atoms with van der Waals surface area (Å²) in [5, 5.41) is 20.0. The summed E-state index contributed by atoms with van der Waals surface area (Å²) >= 11 is 12.0. The lowest BCUT2D eigenvalue weighted by molar-refractivity contribution is -0.136. The van der Waals surface area contributed by atoms with Crippen LogP contribution in [0.5, 0.6) is 0 Å². The predicted octanol–water partition coefficient (Wildman–Crippen LogP) is 6.07. The Balaban J connectivity index is 0.000000188. The molecule has 0 radical (unpaired) electrons. The largest absolute Gasteiger partial charge is 0.341 e. The Morgan fingerprint density at radius 1 is 0.604 bits per heavy atom. The van der Waals surface area contributed by atoms with Crippen molar-refractivity contribution < 1.29 is 19.2 Å². The molecule has 10 heteroatoms. The van der Waals surface area contributed by atoms with Crippen molar-refractivity contribution in [1.29, 1.82) is 10.5 Å². The first kappa shape index (κ1) is 34.6. The molecule has 0 saturated carbocycles. The minimum absolute atomic E-state index is 0.0238. The van der Waals surface area contributed by atoms with Gasteiger partial charge in [0.25, 0.3) is 0 Å². The van der Waals surface area contributed by atoms with E-state index in [2.05, 4.69) is 0 Å². The number of hydrogen-bond donors (Lipinski definition) is 0. The summed E-state index contributed by atoms with van der Waals surface area (Å²) in [5.74, 6) is -0.789. The summed E-state index contributed by atoms with van der Waals surface area (Å²) in [6.45, 7) is 7.97. The molecule has 0 fully saturated rings. The molecule has 2 aromatic carbocycles. The van der Waals surface area contributed by atoms with Gasteiger partial charge in [-0.25, -0.2) is 0 Å². The Morgan fingerprint density at radius 2 is 0.917 bits per heavy atom. The number of halogens is 2. The number of nitrogens with zero attached hydrogens (tertiary/aromatic N) is 4. The Hall–Kier alpha value is -4.76. The summed E-state index contributed by atoms with van der Waals surface area (Å²) in [6.07, 6.45) is 6.90. The molecule has 4 aliphatic rings. The number of hydrogen-bond acceptors (Lipinski definition) is 6. The second-order valence-corrected chi connectivity index (χ2v) is 14.4. The number of likely N-dealkylation sites (N-methyl/N-ethyl adjacent to an activating group) is 2. The first-order chi connectivity index (χ1) is 22.5. The number of carbonyl (C=O) groups excluding carboxylic acids is 4. The topological polar surface area (TPSA) is 122 Å². The smallest absolute Gasteiger partial charge is 0.241 e. The van der Waals surface area contributed by atoms with Crippen LogP contribution in [0.3, 0.4) is 0 Å². The highest BCUT2D eigenvalue weighted by atomic mass is 35.5. The molecule has 2 aliphatic heterocycles. The van der Waals surface area contributed by atoms with E-state index in [-0.39, 0.29) is 34.5 Å². The first-order valence-electron chi connectivity index (χ1n) is 15.3. The van der Waals surface area contributed by atoms with Crippen molar-refractivity contribution in [1.82, 2.24) is 9.80 Å². The van der Waals surface area contributed by atoms with E-state index < -0.39 is 21.7 Å². The number of Topliss-reactive ketones (excluding diaryl/α,β-unsaturated/α-hetero) is 2. The highest BCUT2D eigenvalue weighted by Crippen LogP contribution is 2.53. The lowest BCUT2D eigenvalue weighted by Crippen LogP contribution is -2.55. The van der Waals surface area contributed by atoms with Gasteiger partial charge in [0.1, 0.15) is 23.0 Å². The van der Waals surface area contributed by atoms with Gasteiger partial charge >= 0.3 is 0 Å². The SMILES string of the molecule is CN1CC=C2C(C)(C)C(=O)C(C#N)=C[C@@]2(c2ccc(Cl)cc2)C1=O.CN1CC=C2C(C)(C)C(=O)C(C#N)=C[C@]2(c2ccc(Cl)cc2)C1=O. The van der Waals surface area contributed by atoms with Crippen LogP contribution in [0.15, 0.2) is 95.1 Å². The summed E-state index contributed by atoms with van der Waals surface area (Å²) in [6, 6.07) is 17.9. The molecule has 244 valence electrons. The highest BCUT2D eigenvalue weighted by Gasteiger charge is 2.57. The zero-order valence-electron chi connectivity index (χ0n) is 27.5. The predicted molar refractivity (Wildman–Crippen MR) is 183 cm³/mol. The minimum atomic E-state index is -1.14. The molecule has 2 aliphatic carbocycles. The van der Waals surface area contributed by atoms with Crippen LogP contribution in [0, 0.1) is 33.5 Å². The molecule has 2 heterocycles. The van der Waals surface area contributed by atoms with Crippen molar-refractivity contribution in [2.24, 2.45) is 10.8 Å². The molecule has 0 aromatic heterocycles. The quantitative estimate of drug-likeness (QED) is 0.355. The van der Waals surface area contributed by atoms with Gasteiger partial charge in [-0.1, -0.05) is 59.6 Å². The van der Waals surface area contributed by atoms with Crippen LogP contribution in [0.2, 0.25) is 10.0 Å². The molecule has 6 rings (SSSR count). The molecular formula is C38H34Cl2N4O4. The Morgan fingerprint density at radius 3 is 1.21 bits per heavy atom. The fraction of sp³-hybridized carbons (Fsp3) is 0.316. The zero-order chi connectivity index (χ0) is 35.4. The molecule has 0 unspecified atom stereocenters. The molecule has 0 N–H and O–H groups in total. The lowest BCUT2D eigenvalue weighted by Gasteiger charge is -2.47. The summed E-state index contributed by atoms with van der Waals surface area (Å²) in [7, 11) is 3.44. The third kappa shape index (κ3) is 5.03. The van der Waals surface area contributed by atoms with Crippen molar-refractivity contribution in [3.8, 4) is 12.1 Å². The Bertz CT molecular complexity index is 1830. The number of benzene rings is 2. The van der Waals surface area contributed by atoms with Crippen molar-refractivity contribution in [2.45, 2.75) is 38.5 Å². The summed E-state index contributed by atoms with van der Waals surface area (Å²) < 4.78 is 0. The van der Waals surface area contributed by atoms with Gasteiger partial charge in [0.05, 0.1) is 22.0 Å². The van der Waals surface area contributed by atoms with Gasteiger partial charge in [-0.2, -0.15) is 10.5 Å². The number of rotatable bonds is 2. The van der Waals surface area contributed by atoms with E-state index in [0.29, 0.717) is 34.3 Å². The molecule has 0 spiro atoms. The van der Waals surface area contributed by atoms with Gasteiger partial charge < -0.3 is 9.80 Å². The standard InChI is InChI=1S/2C19H17ClN2O2/c2*1-18(2)15-8-9-22(3)17(24)19(15,10-12(11-21)16(18)23)13-4-6-14(20)7-5-13/h2*4-8,10H,9H2,1-3H3/t2*19-/m10/s1. The normalized spacial score (nSPS) is 25.5. The van der Waals surface area contributed by atoms with E-state index in [4.69, 9.17) is 23.2 Å². The van der Waals surface area contributed by atoms with Crippen molar-refractivity contribution in [3.05, 3.63) is 116 Å². The molecule has 0 saturated heterocycles. The monoisotopic (exact) mass is 680 g/mol. The molecule has 0 bridgehead atoms. The van der Waals surface area contributed by atoms with Crippen LogP contribution in [-0.4, -0.2) is 60.4 Å². The van der Waals surface area contributed by atoms with Gasteiger partial charge in [-0.15, -0.1) is 0 Å². The molecule has 2 atom stereocenters. The van der Waals surface area contributed by atoms with Crippen molar-refractivity contribution in [2.75, 3.05) is 27.2 Å². The maximum Gasteiger partial charge on any atom is 0.241 e. The summed E-state index contributed by atoms with van der Waals surface area (Å²) in [4.78, 5) is 55.0. The van der Waals surface area contributed by atoms with E-state index in [1.54, 1.807) is 100 Å². The van der Waals surface area contributed by atoms with Gasteiger partial charge in [0.2, 0.25) is 11.8 Å². The average Bonchev–Trinajstić information content (AvgIpc) is 3.05. The lowest BCUT2D eigenvalue weighted by atomic mass is 9.56. The second-order valence-electron chi connectivity index (χ2n) is 13.5. The molecule has 2 aromatic rings. The van der Waals surface area contributed by atoms with E-state index in [1.165, 1.54) is 12.2 Å². The summed E-state index contributed by atoms with van der Waals surface area (Å²) in [5.41, 5.74) is -1.20. The van der Waals surface area contributed by atoms with Crippen molar-refractivity contribution in [3.63, 3.8) is 0 Å². The van der Waals surface area contributed by atoms with Gasteiger partial charge in [-0.05, 0) is 86.4 Å². The van der Waals surface area contributed by atoms with Crippen LogP contribution in [0.1, 0.15) is 38.8 Å². The van der Waals surface area contributed by atoms with Crippen molar-refractivity contribution >= 4 is 46.6 Å². The maximum atomic E-state index is 13.2. The van der Waals surface area contributed by atoms with E-state index in [1.807, 2.05) is 24.3 Å². The third-order valence-electron chi connectivity index (χ3n) is 9.89. The fourth-order valence-corrected chi connectivity index (χ4v) is 7.60. The Kier molecular flexibility index (Phi) is 8.67. The molecule has 2 amide bonds. The molecule has 48 heavy (non-hydrogen) atoms. The van der Waals surface area contributed by atoms with Crippen LogP contribution in [0.25, 0.3) is 0 Å². The van der Waals surface area contributed by atoms with E-state index in [0.717, 1.165) is 11.1 Å². The van der Waals surface area contributed by atoms with Crippen LogP contribution >= 0.6 is 23.2 Å². The first-order valence-corrected chi connectivity index (χ1v) is 16.1. The molecule has 8 nitrogen and oxygen atoms in total. The second kappa shape index (κ2) is 12.0. The zero-order valence-corrected chi connectivity index (χ0v) is 29.0. The highest BCUT2D eigenvalue weighted by molar-refractivity contribution is 6.31. The maximum absolute atomic E-state index is 13.2. The number of carbonyl (C=O) groups is 4. The van der Waals surface area contributed by atoms with Gasteiger partial charge in [0, 0.05) is 37.2 Å². The molecular weight excluding hydrogens is 647 g/mol. The number of ketones is 2. The number of allylic oxidation sites excluding steroid dienone is 2. The number of nitriles is 2. The van der Waals surface area contributed by atoms with E-state index >= 15 is 0 Å². The average molecular weight is 682 g/mol. The number of amides is 2. The number of fused-ring (bicyclic) bond motifs is 2. The minimum Gasteiger partial charge on any atom is -0.341 e.